The summed E-state index contributed by atoms with van der Waals surface area (Å²) < 4.78 is 35.0. The number of nitrogens with one attached hydrogen (secondary N) is 2. The van der Waals surface area contributed by atoms with Gasteiger partial charge in [-0.1, -0.05) is 41.4 Å². The fourth-order valence-electron chi connectivity index (χ4n) is 4.43. The zero-order chi connectivity index (χ0) is 25.3. The Morgan fingerprint density at radius 1 is 1.08 bits per heavy atom. The second kappa shape index (κ2) is 10.1. The van der Waals surface area contributed by atoms with Crippen molar-refractivity contribution in [3.8, 4) is 17.6 Å². The van der Waals surface area contributed by atoms with Gasteiger partial charge >= 0.3 is 0 Å². The number of para-hydroxylation sites is 1. The first-order valence-corrected chi connectivity index (χ1v) is 13.5. The van der Waals surface area contributed by atoms with Crippen LogP contribution in [-0.2, 0) is 16.4 Å². The number of rotatable bonds is 6. The Balaban J connectivity index is 1.43. The molecule has 36 heavy (non-hydrogen) atoms. The van der Waals surface area contributed by atoms with Gasteiger partial charge in [-0.05, 0) is 54.4 Å². The molecule has 1 atom stereocenters. The van der Waals surface area contributed by atoms with E-state index in [1.54, 1.807) is 18.2 Å². The third-order valence-corrected chi connectivity index (χ3v) is 8.44. The third kappa shape index (κ3) is 5.07. The largest absolute Gasteiger partial charge is 0.456 e. The van der Waals surface area contributed by atoms with E-state index in [0.717, 1.165) is 16.5 Å². The van der Waals surface area contributed by atoms with Crippen molar-refractivity contribution in [2.75, 3.05) is 19.6 Å². The quantitative estimate of drug-likeness (QED) is 0.343. The molecule has 5 rings (SSSR count). The Bertz CT molecular complexity index is 1560. The van der Waals surface area contributed by atoms with E-state index in [-0.39, 0.29) is 28.8 Å². The van der Waals surface area contributed by atoms with Crippen LogP contribution >= 0.6 is 23.2 Å². The first kappa shape index (κ1) is 24.6. The topological polar surface area (TPSA) is 98.2 Å². The molecule has 1 unspecified atom stereocenters. The van der Waals surface area contributed by atoms with Crippen molar-refractivity contribution < 1.29 is 13.2 Å². The molecule has 0 amide bonds. The summed E-state index contributed by atoms with van der Waals surface area (Å²) in [6.45, 7) is 1.08. The predicted molar refractivity (Wildman–Crippen MR) is 140 cm³/mol. The van der Waals surface area contributed by atoms with Crippen LogP contribution in [0.25, 0.3) is 10.9 Å². The van der Waals surface area contributed by atoms with Crippen LogP contribution in [0.1, 0.15) is 11.1 Å². The van der Waals surface area contributed by atoms with Crippen molar-refractivity contribution in [1.82, 2.24) is 14.6 Å². The van der Waals surface area contributed by atoms with E-state index in [9.17, 15) is 13.7 Å². The molecule has 7 nitrogen and oxygen atoms in total. The van der Waals surface area contributed by atoms with E-state index in [1.165, 1.54) is 22.5 Å². The lowest BCUT2D eigenvalue weighted by Gasteiger charge is -2.33. The Morgan fingerprint density at radius 2 is 1.86 bits per heavy atom. The van der Waals surface area contributed by atoms with E-state index in [2.05, 4.69) is 16.4 Å². The molecule has 1 aliphatic rings. The number of nitrogens with zero attached hydrogens (tertiary/aromatic N) is 2. The lowest BCUT2D eigenvalue weighted by molar-refractivity contribution is 0.296. The number of aromatic nitrogens is 1. The van der Waals surface area contributed by atoms with Gasteiger partial charge in [0.1, 0.15) is 16.4 Å². The lowest BCUT2D eigenvalue weighted by atomic mass is 10.0. The first-order valence-electron chi connectivity index (χ1n) is 11.3. The molecule has 1 fully saturated rings. The van der Waals surface area contributed by atoms with Crippen LogP contribution in [0, 0.1) is 11.3 Å². The Hall–Kier alpha value is -3.06. The van der Waals surface area contributed by atoms with Gasteiger partial charge in [0.05, 0.1) is 11.6 Å². The number of fused-ring (bicyclic) bond motifs is 1. The average Bonchev–Trinajstić information content (AvgIpc) is 3.26. The first-order chi connectivity index (χ1) is 17.3. The Morgan fingerprint density at radius 3 is 2.64 bits per heavy atom. The van der Waals surface area contributed by atoms with Crippen molar-refractivity contribution in [3.63, 3.8) is 0 Å². The van der Waals surface area contributed by atoms with Gasteiger partial charge in [0, 0.05) is 52.8 Å². The summed E-state index contributed by atoms with van der Waals surface area (Å²) in [7, 11) is -3.98. The van der Waals surface area contributed by atoms with Crippen LogP contribution < -0.4 is 10.1 Å². The monoisotopic (exact) mass is 540 g/mol. The van der Waals surface area contributed by atoms with E-state index >= 15 is 0 Å². The van der Waals surface area contributed by atoms with E-state index < -0.39 is 10.0 Å². The molecular formula is C26H22Cl2N4O3S. The number of hydrogen-bond donors (Lipinski definition) is 2. The van der Waals surface area contributed by atoms with Crippen LogP contribution in [0.4, 0.5) is 0 Å². The number of piperazine rings is 1. The smallest absolute Gasteiger partial charge is 0.246 e. The summed E-state index contributed by atoms with van der Waals surface area (Å²) in [5, 5.41) is 14.7. The zero-order valence-electron chi connectivity index (χ0n) is 19.0. The van der Waals surface area contributed by atoms with Crippen molar-refractivity contribution in [3.05, 3.63) is 88.0 Å². The molecule has 0 bridgehead atoms. The maximum Gasteiger partial charge on any atom is 0.246 e. The summed E-state index contributed by atoms with van der Waals surface area (Å²) >= 11 is 12.2. The van der Waals surface area contributed by atoms with Crippen molar-refractivity contribution in [1.29, 1.82) is 5.26 Å². The van der Waals surface area contributed by atoms with Gasteiger partial charge in [-0.3, -0.25) is 0 Å². The number of nitriles is 1. The molecule has 2 N–H and O–H groups in total. The number of sulfonamides is 1. The summed E-state index contributed by atoms with van der Waals surface area (Å²) in [5.74, 6) is 0.394. The third-order valence-electron chi connectivity index (χ3n) is 6.11. The van der Waals surface area contributed by atoms with Gasteiger partial charge in [0.15, 0.2) is 0 Å². The minimum atomic E-state index is -3.98. The highest BCUT2D eigenvalue weighted by Gasteiger charge is 2.33. The fraction of sp³-hybridized carbons (Fsp3) is 0.192. The lowest BCUT2D eigenvalue weighted by Crippen LogP contribution is -2.53. The van der Waals surface area contributed by atoms with Crippen LogP contribution in [0.2, 0.25) is 10.0 Å². The molecule has 2 heterocycles. The second-order valence-corrected chi connectivity index (χ2v) is 11.3. The van der Waals surface area contributed by atoms with Crippen molar-refractivity contribution in [2.24, 2.45) is 0 Å². The molecule has 10 heteroatoms. The number of hydrogen-bond acceptors (Lipinski definition) is 5. The van der Waals surface area contributed by atoms with Crippen LogP contribution in [0.15, 0.2) is 71.8 Å². The van der Waals surface area contributed by atoms with Crippen LogP contribution in [0.5, 0.6) is 11.5 Å². The molecule has 0 saturated carbocycles. The summed E-state index contributed by atoms with van der Waals surface area (Å²) in [4.78, 5) is 3.19. The Kier molecular flexibility index (Phi) is 6.93. The van der Waals surface area contributed by atoms with Gasteiger partial charge in [-0.25, -0.2) is 8.42 Å². The second-order valence-electron chi connectivity index (χ2n) is 8.56. The van der Waals surface area contributed by atoms with Crippen molar-refractivity contribution >= 4 is 44.1 Å². The van der Waals surface area contributed by atoms with Gasteiger partial charge < -0.3 is 15.0 Å². The predicted octanol–water partition coefficient (Wildman–Crippen LogP) is 5.34. The summed E-state index contributed by atoms with van der Waals surface area (Å²) in [6.07, 6.45) is 2.64. The van der Waals surface area contributed by atoms with Gasteiger partial charge in [0.2, 0.25) is 10.0 Å². The van der Waals surface area contributed by atoms with Gasteiger partial charge in [-0.15, -0.1) is 0 Å². The molecule has 0 aliphatic carbocycles. The van der Waals surface area contributed by atoms with E-state index in [0.29, 0.717) is 35.3 Å². The minimum absolute atomic E-state index is 0.0783. The molecule has 3 aromatic carbocycles. The number of H-pyrrole nitrogens is 1. The molecule has 1 aliphatic heterocycles. The molecule has 184 valence electrons. The molecular weight excluding hydrogens is 519 g/mol. The molecule has 0 radical (unpaired) electrons. The molecule has 1 aromatic heterocycles. The number of halogens is 2. The highest BCUT2D eigenvalue weighted by Crippen LogP contribution is 2.34. The summed E-state index contributed by atoms with van der Waals surface area (Å²) in [6, 6.07) is 18.9. The summed E-state index contributed by atoms with van der Waals surface area (Å²) in [5.41, 5.74) is 2.38. The normalized spacial score (nSPS) is 16.6. The van der Waals surface area contributed by atoms with E-state index in [4.69, 9.17) is 27.9 Å². The van der Waals surface area contributed by atoms with E-state index in [1.807, 2.05) is 30.5 Å². The number of aromatic amines is 1. The molecule has 1 saturated heterocycles. The SMILES string of the molecule is N#Cc1ccc(Oc2cc(Cl)cc(Cl)c2)c(S(=O)(=O)N2CCNC(Cc3c[nH]c4ccccc34)C2)c1. The van der Waals surface area contributed by atoms with Gasteiger partial charge in [0.25, 0.3) is 0 Å². The fourth-order valence-corrected chi connectivity index (χ4v) is 6.56. The number of ether oxygens (including phenoxy) is 1. The maximum absolute atomic E-state index is 13.8. The highest BCUT2D eigenvalue weighted by atomic mass is 35.5. The average molecular weight is 541 g/mol. The highest BCUT2D eigenvalue weighted by molar-refractivity contribution is 7.89. The van der Waals surface area contributed by atoms with Crippen LogP contribution in [0.3, 0.4) is 0 Å². The number of benzene rings is 3. The minimum Gasteiger partial charge on any atom is -0.456 e. The zero-order valence-corrected chi connectivity index (χ0v) is 21.4. The van der Waals surface area contributed by atoms with Gasteiger partial charge in [-0.2, -0.15) is 9.57 Å². The molecule has 4 aromatic rings. The standard InChI is InChI=1S/C26H22Cl2N4O3S/c27-19-11-20(28)13-22(12-19)35-25-6-5-17(14-29)9-26(25)36(33,34)32-8-7-30-21(16-32)10-18-15-31-24-4-2-1-3-23(18)24/h1-6,9,11-13,15,21,30-31H,7-8,10,16H2. The van der Waals surface area contributed by atoms with Crippen molar-refractivity contribution in [2.45, 2.75) is 17.4 Å². The molecule has 0 spiro atoms. The maximum atomic E-state index is 13.8. The van der Waals surface area contributed by atoms with Crippen LogP contribution in [-0.4, -0.2) is 43.4 Å². The Labute approximate surface area is 219 Å².